The first-order chi connectivity index (χ1) is 7.97. The molecule has 1 aliphatic heterocycles. The normalized spacial score (nSPS) is 21.6. The van der Waals surface area contributed by atoms with E-state index in [9.17, 15) is 14.4 Å². The van der Waals surface area contributed by atoms with Crippen LogP contribution in [0.5, 0.6) is 0 Å². The molecule has 2 atom stereocenters. The second-order valence-electron chi connectivity index (χ2n) is 3.98. The number of nitrogens with two attached hydrogens (primary N) is 1. The van der Waals surface area contributed by atoms with Gasteiger partial charge in [0, 0.05) is 13.1 Å². The van der Waals surface area contributed by atoms with Gasteiger partial charge in [-0.05, 0) is 13.3 Å². The number of rotatable bonds is 3. The fraction of sp³-hybridized carbons (Fsp3) is 0.700. The van der Waals surface area contributed by atoms with Gasteiger partial charge in [0.2, 0.25) is 11.8 Å². The molecule has 17 heavy (non-hydrogen) atoms. The minimum absolute atomic E-state index is 0.154. The third-order valence-corrected chi connectivity index (χ3v) is 2.73. The van der Waals surface area contributed by atoms with E-state index in [1.165, 1.54) is 4.90 Å². The van der Waals surface area contributed by atoms with Crippen LogP contribution in [0.15, 0.2) is 0 Å². The molecule has 0 saturated carbocycles. The Morgan fingerprint density at radius 2 is 2.29 bits per heavy atom. The van der Waals surface area contributed by atoms with Crippen molar-refractivity contribution in [2.75, 3.05) is 13.1 Å². The number of carbonyl (C=O) groups excluding carboxylic acids is 3. The highest BCUT2D eigenvalue weighted by molar-refractivity contribution is 5.92. The summed E-state index contributed by atoms with van der Waals surface area (Å²) in [6, 6.07) is -1.93. The van der Waals surface area contributed by atoms with Crippen molar-refractivity contribution in [3.63, 3.8) is 0 Å². The number of nitrogens with zero attached hydrogens (tertiary/aromatic N) is 1. The van der Waals surface area contributed by atoms with Crippen LogP contribution in [0.2, 0.25) is 0 Å². The molecule has 4 N–H and O–H groups in total. The molecule has 7 nitrogen and oxygen atoms in total. The number of piperazine rings is 1. The van der Waals surface area contributed by atoms with E-state index >= 15 is 0 Å². The van der Waals surface area contributed by atoms with Crippen LogP contribution < -0.4 is 16.4 Å². The monoisotopic (exact) mass is 242 g/mol. The van der Waals surface area contributed by atoms with Gasteiger partial charge in [-0.1, -0.05) is 6.92 Å². The Morgan fingerprint density at radius 3 is 2.82 bits per heavy atom. The predicted molar refractivity (Wildman–Crippen MR) is 61.0 cm³/mol. The summed E-state index contributed by atoms with van der Waals surface area (Å²) in [5.74, 6) is -0.441. The molecule has 0 bridgehead atoms. The second kappa shape index (κ2) is 5.51. The van der Waals surface area contributed by atoms with Crippen LogP contribution in [0, 0.1) is 0 Å². The Bertz CT molecular complexity index is 332. The largest absolute Gasteiger partial charge is 0.353 e. The molecule has 96 valence electrons. The third kappa shape index (κ3) is 3.08. The fourth-order valence-corrected chi connectivity index (χ4v) is 1.91. The van der Waals surface area contributed by atoms with Crippen molar-refractivity contribution >= 4 is 17.8 Å². The van der Waals surface area contributed by atoms with Gasteiger partial charge in [-0.25, -0.2) is 4.79 Å². The number of hydrogen-bond acceptors (Lipinski definition) is 3. The summed E-state index contributed by atoms with van der Waals surface area (Å²) < 4.78 is 0. The molecule has 0 aromatic carbocycles. The summed E-state index contributed by atoms with van der Waals surface area (Å²) in [4.78, 5) is 35.8. The fourth-order valence-electron chi connectivity index (χ4n) is 1.91. The molecule has 0 spiro atoms. The minimum Gasteiger partial charge on any atom is -0.353 e. The Balaban J connectivity index is 2.72. The molecule has 1 saturated heterocycles. The van der Waals surface area contributed by atoms with Gasteiger partial charge in [-0.2, -0.15) is 0 Å². The molecule has 2 unspecified atom stereocenters. The van der Waals surface area contributed by atoms with Gasteiger partial charge in [0.05, 0.1) is 0 Å². The first-order valence-corrected chi connectivity index (χ1v) is 5.61. The van der Waals surface area contributed by atoms with Crippen molar-refractivity contribution in [2.45, 2.75) is 32.4 Å². The molecule has 4 amide bonds. The lowest BCUT2D eigenvalue weighted by Gasteiger charge is -2.36. The Hall–Kier alpha value is -1.79. The van der Waals surface area contributed by atoms with Gasteiger partial charge < -0.3 is 21.3 Å². The van der Waals surface area contributed by atoms with Crippen molar-refractivity contribution in [1.29, 1.82) is 0 Å². The predicted octanol–water partition coefficient (Wildman–Crippen LogP) is -1.22. The topological polar surface area (TPSA) is 105 Å². The van der Waals surface area contributed by atoms with Crippen molar-refractivity contribution < 1.29 is 14.4 Å². The van der Waals surface area contributed by atoms with E-state index in [4.69, 9.17) is 5.73 Å². The van der Waals surface area contributed by atoms with Crippen molar-refractivity contribution in [3.05, 3.63) is 0 Å². The van der Waals surface area contributed by atoms with Gasteiger partial charge in [-0.15, -0.1) is 0 Å². The van der Waals surface area contributed by atoms with Gasteiger partial charge in [0.15, 0.2) is 0 Å². The van der Waals surface area contributed by atoms with E-state index in [1.54, 1.807) is 6.92 Å². The smallest absolute Gasteiger partial charge is 0.312 e. The van der Waals surface area contributed by atoms with E-state index in [-0.39, 0.29) is 11.8 Å². The van der Waals surface area contributed by atoms with E-state index in [2.05, 4.69) is 10.6 Å². The maximum Gasteiger partial charge on any atom is 0.312 e. The molecular weight excluding hydrogens is 224 g/mol. The highest BCUT2D eigenvalue weighted by Crippen LogP contribution is 2.10. The van der Waals surface area contributed by atoms with Crippen LogP contribution in [-0.2, 0) is 9.59 Å². The molecule has 0 aromatic heterocycles. The highest BCUT2D eigenvalue weighted by Gasteiger charge is 2.33. The van der Waals surface area contributed by atoms with Crippen molar-refractivity contribution in [1.82, 2.24) is 15.5 Å². The third-order valence-electron chi connectivity index (χ3n) is 2.73. The first-order valence-electron chi connectivity index (χ1n) is 5.61. The number of amides is 4. The number of hydrogen-bond donors (Lipinski definition) is 3. The van der Waals surface area contributed by atoms with Crippen LogP contribution in [-0.4, -0.2) is 47.9 Å². The number of primary amides is 1. The zero-order chi connectivity index (χ0) is 13.0. The molecule has 0 radical (unpaired) electrons. The van der Waals surface area contributed by atoms with E-state index < -0.39 is 18.1 Å². The Morgan fingerprint density at radius 1 is 1.65 bits per heavy atom. The Kier molecular flexibility index (Phi) is 4.30. The highest BCUT2D eigenvalue weighted by atomic mass is 16.2. The summed E-state index contributed by atoms with van der Waals surface area (Å²) in [6.07, 6.45) is 0.543. The van der Waals surface area contributed by atoms with Crippen LogP contribution in [0.1, 0.15) is 20.3 Å². The zero-order valence-electron chi connectivity index (χ0n) is 10.0. The minimum atomic E-state index is -0.750. The maximum atomic E-state index is 12.0. The van der Waals surface area contributed by atoms with Crippen LogP contribution in [0.25, 0.3) is 0 Å². The lowest BCUT2D eigenvalue weighted by Crippen LogP contribution is -2.60. The second-order valence-corrected chi connectivity index (χ2v) is 3.98. The molecule has 1 aliphatic rings. The van der Waals surface area contributed by atoms with Gasteiger partial charge in [0.1, 0.15) is 12.1 Å². The molecule has 1 heterocycles. The molecule has 0 aliphatic carbocycles. The molecule has 0 aromatic rings. The van der Waals surface area contributed by atoms with Crippen LogP contribution in [0.3, 0.4) is 0 Å². The van der Waals surface area contributed by atoms with E-state index in [0.717, 1.165) is 0 Å². The van der Waals surface area contributed by atoms with Crippen molar-refractivity contribution in [2.24, 2.45) is 5.73 Å². The molecule has 1 rings (SSSR count). The van der Waals surface area contributed by atoms with Crippen LogP contribution >= 0.6 is 0 Å². The summed E-state index contributed by atoms with van der Waals surface area (Å²) >= 11 is 0. The Labute approximate surface area is 99.7 Å². The quantitative estimate of drug-likeness (QED) is 0.577. The van der Waals surface area contributed by atoms with E-state index in [1.807, 2.05) is 6.92 Å². The van der Waals surface area contributed by atoms with Crippen molar-refractivity contribution in [3.8, 4) is 0 Å². The van der Waals surface area contributed by atoms with Gasteiger partial charge in [-0.3, -0.25) is 9.59 Å². The average molecular weight is 242 g/mol. The summed E-state index contributed by atoms with van der Waals surface area (Å²) in [5, 5.41) is 5.02. The number of nitrogens with one attached hydrogen (secondary N) is 2. The standard InChI is InChI=1S/C10H18N4O3/c1-3-7-8(15)12-4-5-14(7)9(16)6(2)13-10(11)17/h6-7H,3-5H2,1-2H3,(H,12,15)(H3,11,13,17). The van der Waals surface area contributed by atoms with Gasteiger partial charge in [0.25, 0.3) is 0 Å². The van der Waals surface area contributed by atoms with Gasteiger partial charge >= 0.3 is 6.03 Å². The zero-order valence-corrected chi connectivity index (χ0v) is 10.0. The number of carbonyl (C=O) groups is 3. The lowest BCUT2D eigenvalue weighted by molar-refractivity contribution is -0.144. The molecule has 1 fully saturated rings. The molecule has 7 heteroatoms. The summed E-state index contributed by atoms with van der Waals surface area (Å²) in [6.45, 7) is 4.27. The van der Waals surface area contributed by atoms with Crippen LogP contribution in [0.4, 0.5) is 4.79 Å². The first kappa shape index (κ1) is 13.3. The van der Waals surface area contributed by atoms with E-state index in [0.29, 0.717) is 19.5 Å². The number of urea groups is 1. The molecular formula is C10H18N4O3. The summed E-state index contributed by atoms with van der Waals surface area (Å²) in [5.41, 5.74) is 4.96. The maximum absolute atomic E-state index is 12.0. The average Bonchev–Trinajstić information content (AvgIpc) is 2.26. The lowest BCUT2D eigenvalue weighted by atomic mass is 10.1. The SMILES string of the molecule is CCC1C(=O)NCCN1C(=O)C(C)NC(N)=O. The summed E-state index contributed by atoms with van der Waals surface area (Å²) in [7, 11) is 0.